The van der Waals surface area contributed by atoms with E-state index in [9.17, 15) is 4.79 Å². The number of allylic oxidation sites excluding steroid dienone is 6. The lowest BCUT2D eigenvalue weighted by molar-refractivity contribution is -0.137. The normalized spacial score (nSPS) is 21.3. The Labute approximate surface area is 136 Å². The minimum atomic E-state index is -0.678. The molecule has 0 radical (unpaired) electrons. The van der Waals surface area contributed by atoms with Crippen LogP contribution < -0.4 is 0 Å². The molecule has 1 aliphatic carbocycles. The lowest BCUT2D eigenvalue weighted by Crippen LogP contribution is -1.93. The fourth-order valence-corrected chi connectivity index (χ4v) is 2.56. The standard InChI is InChI=1S/C20H32O2/c1-2-3-4-5-6-8-11-14-18-17-19(18)15-12-9-7-10-13-16-20(21)22/h6,8,11-12,14-15,18-19H,2-5,7,9-10,13,16-17H2,1H3,(H,21,22). The third-order valence-electron chi connectivity index (χ3n) is 4.12. The van der Waals surface area contributed by atoms with E-state index in [0.717, 1.165) is 37.5 Å². The molecule has 0 aliphatic heterocycles. The number of carbonyl (C=O) groups is 1. The lowest BCUT2D eigenvalue weighted by atomic mass is 10.1. The van der Waals surface area contributed by atoms with Crippen molar-refractivity contribution in [3.8, 4) is 0 Å². The van der Waals surface area contributed by atoms with E-state index in [0.29, 0.717) is 6.42 Å². The van der Waals surface area contributed by atoms with Crippen LogP contribution in [0.2, 0.25) is 0 Å². The molecule has 2 nitrogen and oxygen atoms in total. The van der Waals surface area contributed by atoms with E-state index in [2.05, 4.69) is 43.4 Å². The third-order valence-corrected chi connectivity index (χ3v) is 4.12. The molecular weight excluding hydrogens is 272 g/mol. The van der Waals surface area contributed by atoms with Gasteiger partial charge in [-0.1, -0.05) is 62.6 Å². The monoisotopic (exact) mass is 304 g/mol. The largest absolute Gasteiger partial charge is 0.481 e. The molecule has 1 rings (SSSR count). The Kier molecular flexibility index (Phi) is 10.4. The molecule has 0 amide bonds. The predicted octanol–water partition coefficient (Wildman–Crippen LogP) is 5.91. The van der Waals surface area contributed by atoms with Crippen molar-refractivity contribution in [2.24, 2.45) is 11.8 Å². The number of carboxylic acids is 1. The van der Waals surface area contributed by atoms with Crippen molar-refractivity contribution in [2.75, 3.05) is 0 Å². The van der Waals surface area contributed by atoms with Gasteiger partial charge in [0.2, 0.25) is 0 Å². The molecular formula is C20H32O2. The summed E-state index contributed by atoms with van der Waals surface area (Å²) in [5.74, 6) is 0.801. The summed E-state index contributed by atoms with van der Waals surface area (Å²) < 4.78 is 0. The maximum atomic E-state index is 10.4. The summed E-state index contributed by atoms with van der Waals surface area (Å²) >= 11 is 0. The minimum Gasteiger partial charge on any atom is -0.481 e. The third kappa shape index (κ3) is 10.4. The summed E-state index contributed by atoms with van der Waals surface area (Å²) in [7, 11) is 0. The van der Waals surface area contributed by atoms with Crippen molar-refractivity contribution in [1.82, 2.24) is 0 Å². The Bertz CT molecular complexity index is 379. The van der Waals surface area contributed by atoms with Crippen molar-refractivity contribution in [1.29, 1.82) is 0 Å². The Morgan fingerprint density at radius 1 is 0.955 bits per heavy atom. The van der Waals surface area contributed by atoms with Gasteiger partial charge < -0.3 is 5.11 Å². The number of rotatable bonds is 13. The molecule has 22 heavy (non-hydrogen) atoms. The smallest absolute Gasteiger partial charge is 0.303 e. The molecule has 0 bridgehead atoms. The van der Waals surface area contributed by atoms with Crippen LogP contribution in [0.4, 0.5) is 0 Å². The molecule has 2 heteroatoms. The van der Waals surface area contributed by atoms with E-state index in [1.165, 1.54) is 32.1 Å². The highest BCUT2D eigenvalue weighted by atomic mass is 16.4. The SMILES string of the molecule is CCCCCC=CC=CC1CC1C=CCCCCCC(=O)O. The summed E-state index contributed by atoms with van der Waals surface area (Å²) in [5.41, 5.74) is 0. The van der Waals surface area contributed by atoms with Gasteiger partial charge in [-0.05, 0) is 50.4 Å². The highest BCUT2D eigenvalue weighted by molar-refractivity contribution is 5.66. The Morgan fingerprint density at radius 3 is 2.45 bits per heavy atom. The Morgan fingerprint density at radius 2 is 1.68 bits per heavy atom. The highest BCUT2D eigenvalue weighted by Crippen LogP contribution is 2.40. The Balaban J connectivity index is 1.96. The number of unbranched alkanes of at least 4 members (excludes halogenated alkanes) is 6. The zero-order valence-corrected chi connectivity index (χ0v) is 14.0. The van der Waals surface area contributed by atoms with Gasteiger partial charge in [0, 0.05) is 6.42 Å². The van der Waals surface area contributed by atoms with E-state index < -0.39 is 5.97 Å². The zero-order valence-electron chi connectivity index (χ0n) is 14.0. The first-order valence-electron chi connectivity index (χ1n) is 8.95. The number of carboxylic acid groups (broad SMARTS) is 1. The molecule has 2 atom stereocenters. The van der Waals surface area contributed by atoms with Crippen molar-refractivity contribution < 1.29 is 9.90 Å². The summed E-state index contributed by atoms with van der Waals surface area (Å²) in [6.45, 7) is 2.24. The molecule has 0 heterocycles. The van der Waals surface area contributed by atoms with Crippen LogP contribution in [-0.4, -0.2) is 11.1 Å². The molecule has 124 valence electrons. The molecule has 1 N–H and O–H groups in total. The lowest BCUT2D eigenvalue weighted by Gasteiger charge is -1.95. The van der Waals surface area contributed by atoms with Gasteiger partial charge in [-0.3, -0.25) is 4.79 Å². The minimum absolute atomic E-state index is 0.311. The van der Waals surface area contributed by atoms with E-state index in [4.69, 9.17) is 5.11 Å². The summed E-state index contributed by atoms with van der Waals surface area (Å²) in [4.78, 5) is 10.4. The van der Waals surface area contributed by atoms with Gasteiger partial charge in [0.15, 0.2) is 0 Å². The second-order valence-electron chi connectivity index (χ2n) is 6.29. The van der Waals surface area contributed by atoms with Crippen LogP contribution in [0.15, 0.2) is 36.5 Å². The van der Waals surface area contributed by atoms with E-state index in [1.54, 1.807) is 0 Å². The quantitative estimate of drug-likeness (QED) is 0.261. The van der Waals surface area contributed by atoms with Crippen molar-refractivity contribution in [2.45, 2.75) is 71.1 Å². The summed E-state index contributed by atoms with van der Waals surface area (Å²) in [6.07, 6.45) is 24.4. The fraction of sp³-hybridized carbons (Fsp3) is 0.650. The number of aliphatic carboxylic acids is 1. The average Bonchev–Trinajstić information content (AvgIpc) is 3.23. The highest BCUT2D eigenvalue weighted by Gasteiger charge is 2.31. The van der Waals surface area contributed by atoms with Gasteiger partial charge in [-0.15, -0.1) is 0 Å². The Hall–Kier alpha value is -1.31. The molecule has 0 saturated heterocycles. The van der Waals surface area contributed by atoms with Crippen LogP contribution in [0.25, 0.3) is 0 Å². The molecule has 0 aromatic carbocycles. The van der Waals surface area contributed by atoms with Crippen LogP contribution in [0.1, 0.15) is 71.1 Å². The predicted molar refractivity (Wildman–Crippen MR) is 93.9 cm³/mol. The zero-order chi connectivity index (χ0) is 16.0. The van der Waals surface area contributed by atoms with E-state index >= 15 is 0 Å². The first kappa shape index (κ1) is 18.7. The van der Waals surface area contributed by atoms with Gasteiger partial charge in [0.05, 0.1) is 0 Å². The van der Waals surface area contributed by atoms with Crippen molar-refractivity contribution >= 4 is 5.97 Å². The first-order chi connectivity index (χ1) is 10.7. The van der Waals surface area contributed by atoms with Crippen LogP contribution in [0.5, 0.6) is 0 Å². The summed E-state index contributed by atoms with van der Waals surface area (Å²) in [6, 6.07) is 0. The number of hydrogen-bond acceptors (Lipinski definition) is 1. The van der Waals surface area contributed by atoms with Gasteiger partial charge >= 0.3 is 5.97 Å². The van der Waals surface area contributed by atoms with Crippen LogP contribution in [0, 0.1) is 11.8 Å². The fourth-order valence-electron chi connectivity index (χ4n) is 2.56. The molecule has 2 unspecified atom stereocenters. The molecule has 0 aromatic heterocycles. The second-order valence-corrected chi connectivity index (χ2v) is 6.29. The van der Waals surface area contributed by atoms with Crippen LogP contribution in [-0.2, 0) is 4.79 Å². The van der Waals surface area contributed by atoms with Gasteiger partial charge in [-0.2, -0.15) is 0 Å². The van der Waals surface area contributed by atoms with Gasteiger partial charge in [-0.25, -0.2) is 0 Å². The van der Waals surface area contributed by atoms with Crippen molar-refractivity contribution in [3.63, 3.8) is 0 Å². The molecule has 1 saturated carbocycles. The van der Waals surface area contributed by atoms with Crippen LogP contribution in [0.3, 0.4) is 0 Å². The van der Waals surface area contributed by atoms with E-state index in [-0.39, 0.29) is 0 Å². The van der Waals surface area contributed by atoms with E-state index in [1.807, 2.05) is 0 Å². The maximum Gasteiger partial charge on any atom is 0.303 e. The molecule has 0 aromatic rings. The topological polar surface area (TPSA) is 37.3 Å². The van der Waals surface area contributed by atoms with Crippen molar-refractivity contribution in [3.05, 3.63) is 36.5 Å². The summed E-state index contributed by atoms with van der Waals surface area (Å²) in [5, 5.41) is 8.54. The molecule has 0 spiro atoms. The van der Waals surface area contributed by atoms with Crippen LogP contribution >= 0.6 is 0 Å². The van der Waals surface area contributed by atoms with Gasteiger partial charge in [0.1, 0.15) is 0 Å². The second kappa shape index (κ2) is 12.3. The molecule has 1 aliphatic rings. The first-order valence-corrected chi connectivity index (χ1v) is 8.95. The average molecular weight is 304 g/mol. The maximum absolute atomic E-state index is 10.4. The molecule has 1 fully saturated rings. The number of hydrogen-bond donors (Lipinski definition) is 1. The van der Waals surface area contributed by atoms with Gasteiger partial charge in [0.25, 0.3) is 0 Å².